The van der Waals surface area contributed by atoms with Gasteiger partial charge in [0.25, 0.3) is 0 Å². The van der Waals surface area contributed by atoms with Crippen LogP contribution in [0.25, 0.3) is 33.7 Å². The SMILES string of the molecule is FC(F)(F)c1ccccc1-c1ccc2nc(-c3cc(C4CCCC4)no3)[nH]c2c1. The molecule has 2 heterocycles. The van der Waals surface area contributed by atoms with Crippen LogP contribution in [0, 0.1) is 0 Å². The maximum Gasteiger partial charge on any atom is 0.417 e. The number of nitrogens with zero attached hydrogens (tertiary/aromatic N) is 2. The van der Waals surface area contributed by atoms with Crippen molar-refractivity contribution in [1.82, 2.24) is 15.1 Å². The first-order valence-electron chi connectivity index (χ1n) is 9.62. The molecule has 1 aliphatic carbocycles. The van der Waals surface area contributed by atoms with Crippen LogP contribution in [0.2, 0.25) is 0 Å². The Bertz CT molecular complexity index is 1170. The minimum absolute atomic E-state index is 0.140. The van der Waals surface area contributed by atoms with Crippen molar-refractivity contribution in [3.8, 4) is 22.7 Å². The lowest BCUT2D eigenvalue weighted by molar-refractivity contribution is -0.137. The average molecular weight is 397 g/mol. The predicted molar refractivity (Wildman–Crippen MR) is 103 cm³/mol. The molecular weight excluding hydrogens is 379 g/mol. The molecule has 0 saturated heterocycles. The molecule has 4 nitrogen and oxygen atoms in total. The number of fused-ring (bicyclic) bond motifs is 1. The van der Waals surface area contributed by atoms with Gasteiger partial charge in [-0.05, 0) is 42.2 Å². The van der Waals surface area contributed by atoms with Crippen molar-refractivity contribution < 1.29 is 17.7 Å². The number of H-pyrrole nitrogens is 1. The van der Waals surface area contributed by atoms with Gasteiger partial charge in [0.05, 0.1) is 22.3 Å². The van der Waals surface area contributed by atoms with E-state index in [0.717, 1.165) is 24.6 Å². The maximum absolute atomic E-state index is 13.4. The second-order valence-corrected chi connectivity index (χ2v) is 7.46. The van der Waals surface area contributed by atoms with Gasteiger partial charge in [-0.1, -0.05) is 42.3 Å². The summed E-state index contributed by atoms with van der Waals surface area (Å²) in [6, 6.07) is 12.5. The molecular formula is C22H18F3N3O. The first-order chi connectivity index (χ1) is 14.0. The molecule has 2 aromatic carbocycles. The third kappa shape index (κ3) is 3.30. The summed E-state index contributed by atoms with van der Waals surface area (Å²) in [4.78, 5) is 7.68. The standard InChI is InChI=1S/C22H18F3N3O/c23-22(24,25)16-8-4-3-7-15(16)14-9-10-17-19(11-14)27-21(26-17)20-12-18(28-29-20)13-5-1-2-6-13/h3-4,7-13H,1-2,5-6H2,(H,26,27). The Morgan fingerprint density at radius 3 is 2.59 bits per heavy atom. The van der Waals surface area contributed by atoms with Gasteiger partial charge in [-0.25, -0.2) is 4.98 Å². The number of alkyl halides is 3. The highest BCUT2D eigenvalue weighted by Crippen LogP contribution is 2.38. The summed E-state index contributed by atoms with van der Waals surface area (Å²) in [6.07, 6.45) is 0.239. The minimum atomic E-state index is -4.42. The quantitative estimate of drug-likeness (QED) is 0.426. The smallest absolute Gasteiger partial charge is 0.353 e. The van der Waals surface area contributed by atoms with Gasteiger partial charge < -0.3 is 9.51 Å². The molecule has 0 atom stereocenters. The van der Waals surface area contributed by atoms with Gasteiger partial charge in [0, 0.05) is 12.0 Å². The molecule has 0 aliphatic heterocycles. The molecule has 7 heteroatoms. The van der Waals surface area contributed by atoms with Gasteiger partial charge in [0.15, 0.2) is 5.82 Å². The van der Waals surface area contributed by atoms with Crippen molar-refractivity contribution in [2.24, 2.45) is 0 Å². The van der Waals surface area contributed by atoms with Crippen LogP contribution in [-0.2, 0) is 6.18 Å². The van der Waals surface area contributed by atoms with Gasteiger partial charge in [0.1, 0.15) is 0 Å². The first kappa shape index (κ1) is 18.0. The van der Waals surface area contributed by atoms with Crippen LogP contribution >= 0.6 is 0 Å². The lowest BCUT2D eigenvalue weighted by atomic mass is 9.99. The van der Waals surface area contributed by atoms with E-state index >= 15 is 0 Å². The lowest BCUT2D eigenvalue weighted by Gasteiger charge is -2.12. The van der Waals surface area contributed by atoms with Gasteiger partial charge in [-0.2, -0.15) is 13.2 Å². The second-order valence-electron chi connectivity index (χ2n) is 7.46. The molecule has 0 amide bonds. The summed E-state index contributed by atoms with van der Waals surface area (Å²) in [6.45, 7) is 0. The van der Waals surface area contributed by atoms with Crippen LogP contribution < -0.4 is 0 Å². The second kappa shape index (κ2) is 6.76. The fourth-order valence-electron chi connectivity index (χ4n) is 4.09. The minimum Gasteiger partial charge on any atom is -0.353 e. The van der Waals surface area contributed by atoms with E-state index in [1.807, 2.05) is 6.07 Å². The van der Waals surface area contributed by atoms with Crippen molar-refractivity contribution in [1.29, 1.82) is 0 Å². The first-order valence-corrected chi connectivity index (χ1v) is 9.62. The zero-order valence-corrected chi connectivity index (χ0v) is 15.5. The average Bonchev–Trinajstić information content (AvgIpc) is 3.46. The summed E-state index contributed by atoms with van der Waals surface area (Å²) in [5, 5.41) is 4.19. The van der Waals surface area contributed by atoms with E-state index in [1.165, 1.54) is 25.0 Å². The summed E-state index contributed by atoms with van der Waals surface area (Å²) in [7, 11) is 0. The molecule has 148 valence electrons. The normalized spacial score (nSPS) is 15.4. The van der Waals surface area contributed by atoms with Crippen LogP contribution in [0.3, 0.4) is 0 Å². The highest BCUT2D eigenvalue weighted by molar-refractivity contribution is 5.84. The molecule has 2 aromatic heterocycles. The summed E-state index contributed by atoms with van der Waals surface area (Å²) in [5.74, 6) is 1.50. The molecule has 0 bridgehead atoms. The molecule has 1 aliphatic rings. The van der Waals surface area contributed by atoms with Crippen LogP contribution in [0.4, 0.5) is 13.2 Å². The van der Waals surface area contributed by atoms with Crippen LogP contribution in [0.1, 0.15) is 42.9 Å². The van der Waals surface area contributed by atoms with E-state index in [4.69, 9.17) is 4.52 Å². The molecule has 0 unspecified atom stereocenters. The number of imidazole rings is 1. The van der Waals surface area contributed by atoms with Crippen molar-refractivity contribution in [2.75, 3.05) is 0 Å². The maximum atomic E-state index is 13.4. The number of aromatic amines is 1. The molecule has 1 fully saturated rings. The molecule has 1 N–H and O–H groups in total. The zero-order chi connectivity index (χ0) is 20.0. The van der Waals surface area contributed by atoms with E-state index < -0.39 is 11.7 Å². The van der Waals surface area contributed by atoms with Gasteiger partial charge in [-0.15, -0.1) is 0 Å². The van der Waals surface area contributed by atoms with E-state index in [1.54, 1.807) is 24.3 Å². The Labute approximate surface area is 164 Å². The molecule has 0 spiro atoms. The Kier molecular flexibility index (Phi) is 4.19. The highest BCUT2D eigenvalue weighted by Gasteiger charge is 2.33. The molecule has 0 radical (unpaired) electrons. The van der Waals surface area contributed by atoms with E-state index in [-0.39, 0.29) is 5.56 Å². The van der Waals surface area contributed by atoms with Crippen molar-refractivity contribution in [2.45, 2.75) is 37.8 Å². The largest absolute Gasteiger partial charge is 0.417 e. The van der Waals surface area contributed by atoms with E-state index in [2.05, 4.69) is 15.1 Å². The molecule has 29 heavy (non-hydrogen) atoms. The number of hydrogen-bond donors (Lipinski definition) is 1. The third-order valence-corrected chi connectivity index (χ3v) is 5.56. The fourth-order valence-corrected chi connectivity index (χ4v) is 4.09. The number of nitrogens with one attached hydrogen (secondary N) is 1. The van der Waals surface area contributed by atoms with Gasteiger partial charge >= 0.3 is 6.18 Å². The van der Waals surface area contributed by atoms with Crippen molar-refractivity contribution >= 4 is 11.0 Å². The van der Waals surface area contributed by atoms with Gasteiger partial charge in [-0.3, -0.25) is 0 Å². The summed E-state index contributed by atoms with van der Waals surface area (Å²) >= 11 is 0. The molecule has 5 rings (SSSR count). The Morgan fingerprint density at radius 1 is 1.00 bits per heavy atom. The number of benzene rings is 2. The van der Waals surface area contributed by atoms with E-state index in [9.17, 15) is 13.2 Å². The van der Waals surface area contributed by atoms with Crippen LogP contribution in [-0.4, -0.2) is 15.1 Å². The van der Waals surface area contributed by atoms with E-state index in [0.29, 0.717) is 34.1 Å². The fraction of sp³-hybridized carbons (Fsp3) is 0.273. The van der Waals surface area contributed by atoms with Gasteiger partial charge in [0.2, 0.25) is 5.76 Å². The Morgan fingerprint density at radius 2 is 1.79 bits per heavy atom. The topological polar surface area (TPSA) is 54.7 Å². The van der Waals surface area contributed by atoms with Crippen LogP contribution in [0.15, 0.2) is 53.1 Å². The van der Waals surface area contributed by atoms with Crippen molar-refractivity contribution in [3.63, 3.8) is 0 Å². The summed E-state index contributed by atoms with van der Waals surface area (Å²) < 4.78 is 45.6. The number of rotatable bonds is 3. The Hall–Kier alpha value is -3.09. The lowest BCUT2D eigenvalue weighted by Crippen LogP contribution is -2.06. The molecule has 1 saturated carbocycles. The predicted octanol–water partition coefficient (Wildman–Crippen LogP) is 6.56. The number of aromatic nitrogens is 3. The van der Waals surface area contributed by atoms with Crippen molar-refractivity contribution in [3.05, 3.63) is 59.8 Å². The Balaban J connectivity index is 1.52. The van der Waals surface area contributed by atoms with Crippen LogP contribution in [0.5, 0.6) is 0 Å². The third-order valence-electron chi connectivity index (χ3n) is 5.56. The monoisotopic (exact) mass is 397 g/mol. The number of hydrogen-bond acceptors (Lipinski definition) is 3. The molecule has 4 aromatic rings. The summed E-state index contributed by atoms with van der Waals surface area (Å²) in [5.41, 5.74) is 2.21. The highest BCUT2D eigenvalue weighted by atomic mass is 19.4. The number of halogens is 3. The zero-order valence-electron chi connectivity index (χ0n) is 15.5.